The van der Waals surface area contributed by atoms with Gasteiger partial charge in [-0.15, -0.1) is 0 Å². The molecule has 0 aliphatic carbocycles. The standard InChI is InChI=1S/C22H22N4O3/c1-15-6-8-16(9-7-15)25-13-3-10-22(21(25)28)11-4-14-26(22)20(27)18-17-5-2-12-23-19(17)24-29-18/h2,5-9,12H,3-4,10-11,13-14H2,1H3. The molecule has 7 heteroatoms. The third-order valence-electron chi connectivity index (χ3n) is 6.14. The number of likely N-dealkylation sites (tertiary alicyclic amines) is 1. The number of aromatic nitrogens is 2. The number of fused-ring (bicyclic) bond motifs is 1. The Morgan fingerprint density at radius 2 is 1.86 bits per heavy atom. The normalized spacial score (nSPS) is 22.0. The SMILES string of the molecule is Cc1ccc(N2CCCC3(CCCN3C(=O)c3onc4ncccc34)C2=O)cc1. The summed E-state index contributed by atoms with van der Waals surface area (Å²) in [5, 5.41) is 4.49. The highest BCUT2D eigenvalue weighted by atomic mass is 16.5. The number of amides is 2. The van der Waals surface area contributed by atoms with Gasteiger partial charge in [0.15, 0.2) is 0 Å². The van der Waals surface area contributed by atoms with E-state index in [1.165, 1.54) is 0 Å². The number of carbonyl (C=O) groups excluding carboxylic acids is 2. The van der Waals surface area contributed by atoms with E-state index >= 15 is 0 Å². The van der Waals surface area contributed by atoms with Crippen LogP contribution in [0, 0.1) is 6.92 Å². The second-order valence-electron chi connectivity index (χ2n) is 7.87. The maximum atomic E-state index is 13.7. The van der Waals surface area contributed by atoms with E-state index in [9.17, 15) is 9.59 Å². The highest BCUT2D eigenvalue weighted by Crippen LogP contribution is 2.41. The lowest BCUT2D eigenvalue weighted by molar-refractivity contribution is -0.130. The lowest BCUT2D eigenvalue weighted by Gasteiger charge is -2.44. The molecule has 0 radical (unpaired) electrons. The molecule has 3 aromatic rings. The Labute approximate surface area is 168 Å². The molecule has 0 N–H and O–H groups in total. The molecule has 4 heterocycles. The maximum Gasteiger partial charge on any atom is 0.294 e. The van der Waals surface area contributed by atoms with Gasteiger partial charge in [0.05, 0.1) is 5.39 Å². The summed E-state index contributed by atoms with van der Waals surface area (Å²) < 4.78 is 5.35. The van der Waals surface area contributed by atoms with Crippen molar-refractivity contribution in [1.82, 2.24) is 15.0 Å². The van der Waals surface area contributed by atoms with Gasteiger partial charge in [0.1, 0.15) is 5.54 Å². The predicted octanol–water partition coefficient (Wildman–Crippen LogP) is 3.33. The van der Waals surface area contributed by atoms with Gasteiger partial charge in [0.2, 0.25) is 11.4 Å². The summed E-state index contributed by atoms with van der Waals surface area (Å²) >= 11 is 0. The Kier molecular flexibility index (Phi) is 4.12. The first kappa shape index (κ1) is 17.8. The fourth-order valence-corrected chi connectivity index (χ4v) is 4.68. The molecule has 1 unspecified atom stereocenters. The third-order valence-corrected chi connectivity index (χ3v) is 6.14. The first-order valence-electron chi connectivity index (χ1n) is 10.0. The van der Waals surface area contributed by atoms with Crippen molar-refractivity contribution < 1.29 is 14.1 Å². The molecule has 2 fully saturated rings. The van der Waals surface area contributed by atoms with Gasteiger partial charge in [-0.1, -0.05) is 22.9 Å². The van der Waals surface area contributed by atoms with Gasteiger partial charge in [-0.3, -0.25) is 9.59 Å². The lowest BCUT2D eigenvalue weighted by Crippen LogP contribution is -2.61. The van der Waals surface area contributed by atoms with Crippen molar-refractivity contribution in [3.63, 3.8) is 0 Å². The van der Waals surface area contributed by atoms with Crippen LogP contribution in [0.3, 0.4) is 0 Å². The first-order chi connectivity index (χ1) is 14.1. The van der Waals surface area contributed by atoms with Crippen LogP contribution in [0.1, 0.15) is 41.8 Å². The molecule has 0 saturated carbocycles. The molecule has 7 nitrogen and oxygen atoms in total. The molecular formula is C22H22N4O3. The lowest BCUT2D eigenvalue weighted by atomic mass is 9.84. The monoisotopic (exact) mass is 390 g/mol. The van der Waals surface area contributed by atoms with E-state index in [0.29, 0.717) is 37.0 Å². The third kappa shape index (κ3) is 2.72. The summed E-state index contributed by atoms with van der Waals surface area (Å²) in [6, 6.07) is 11.5. The van der Waals surface area contributed by atoms with Crippen LogP contribution in [0.2, 0.25) is 0 Å². The van der Waals surface area contributed by atoms with E-state index in [1.807, 2.05) is 36.1 Å². The summed E-state index contributed by atoms with van der Waals surface area (Å²) in [6.45, 7) is 3.23. The number of hydrogen-bond donors (Lipinski definition) is 0. The molecule has 1 aromatic carbocycles. The van der Waals surface area contributed by atoms with Gasteiger partial charge >= 0.3 is 0 Å². The molecule has 1 spiro atoms. The van der Waals surface area contributed by atoms with E-state index in [2.05, 4.69) is 10.1 Å². The van der Waals surface area contributed by atoms with Crippen molar-refractivity contribution in [2.75, 3.05) is 18.0 Å². The zero-order chi connectivity index (χ0) is 20.0. The average molecular weight is 390 g/mol. The molecule has 148 valence electrons. The van der Waals surface area contributed by atoms with Crippen molar-refractivity contribution in [2.45, 2.75) is 38.1 Å². The van der Waals surface area contributed by atoms with Crippen molar-refractivity contribution >= 4 is 28.5 Å². The number of hydrogen-bond acceptors (Lipinski definition) is 5. The largest absolute Gasteiger partial charge is 0.348 e. The van der Waals surface area contributed by atoms with Crippen LogP contribution in [0.5, 0.6) is 0 Å². The number of rotatable bonds is 2. The van der Waals surface area contributed by atoms with E-state index in [0.717, 1.165) is 24.1 Å². The van der Waals surface area contributed by atoms with Crippen molar-refractivity contribution in [3.05, 3.63) is 53.9 Å². The number of anilines is 1. The van der Waals surface area contributed by atoms with Gasteiger partial charge in [0.25, 0.3) is 11.8 Å². The molecule has 29 heavy (non-hydrogen) atoms. The van der Waals surface area contributed by atoms with Crippen LogP contribution in [0.25, 0.3) is 11.0 Å². The molecule has 2 saturated heterocycles. The van der Waals surface area contributed by atoms with Crippen LogP contribution < -0.4 is 4.90 Å². The van der Waals surface area contributed by atoms with Gasteiger partial charge in [-0.05, 0) is 56.9 Å². The molecule has 2 aliphatic heterocycles. The minimum absolute atomic E-state index is 0.000369. The second-order valence-corrected chi connectivity index (χ2v) is 7.87. The molecule has 2 aliphatic rings. The minimum Gasteiger partial charge on any atom is -0.348 e. The molecule has 2 amide bonds. The Morgan fingerprint density at radius 1 is 1.10 bits per heavy atom. The van der Waals surface area contributed by atoms with E-state index < -0.39 is 5.54 Å². The minimum atomic E-state index is -0.818. The van der Waals surface area contributed by atoms with Crippen LogP contribution >= 0.6 is 0 Å². The van der Waals surface area contributed by atoms with E-state index in [4.69, 9.17) is 4.52 Å². The van der Waals surface area contributed by atoms with Crippen LogP contribution in [-0.2, 0) is 4.79 Å². The summed E-state index contributed by atoms with van der Waals surface area (Å²) in [4.78, 5) is 34.8. The van der Waals surface area contributed by atoms with Gasteiger partial charge in [-0.25, -0.2) is 4.98 Å². The van der Waals surface area contributed by atoms with Crippen molar-refractivity contribution in [3.8, 4) is 0 Å². The highest BCUT2D eigenvalue weighted by Gasteiger charge is 2.53. The topological polar surface area (TPSA) is 79.5 Å². The summed E-state index contributed by atoms with van der Waals surface area (Å²) in [6.07, 6.45) is 4.60. The van der Waals surface area contributed by atoms with Crippen LogP contribution in [0.15, 0.2) is 47.1 Å². The van der Waals surface area contributed by atoms with Gasteiger partial charge in [-0.2, -0.15) is 0 Å². The van der Waals surface area contributed by atoms with E-state index in [1.54, 1.807) is 23.2 Å². The summed E-state index contributed by atoms with van der Waals surface area (Å²) in [5.74, 6) is -0.118. The van der Waals surface area contributed by atoms with Crippen molar-refractivity contribution in [2.24, 2.45) is 0 Å². The number of piperidine rings is 1. The zero-order valence-corrected chi connectivity index (χ0v) is 16.3. The highest BCUT2D eigenvalue weighted by molar-refractivity contribution is 6.08. The Morgan fingerprint density at radius 3 is 2.66 bits per heavy atom. The van der Waals surface area contributed by atoms with Gasteiger partial charge < -0.3 is 14.3 Å². The Hall–Kier alpha value is -3.22. The fourth-order valence-electron chi connectivity index (χ4n) is 4.68. The molecule has 0 bridgehead atoms. The quantitative estimate of drug-likeness (QED) is 0.671. The molecular weight excluding hydrogens is 368 g/mol. The smallest absolute Gasteiger partial charge is 0.294 e. The number of aryl methyl sites for hydroxylation is 1. The Bertz CT molecular complexity index is 1090. The second kappa shape index (κ2) is 6.69. The fraction of sp³-hybridized carbons (Fsp3) is 0.364. The average Bonchev–Trinajstić information content (AvgIpc) is 3.36. The number of pyridine rings is 1. The zero-order valence-electron chi connectivity index (χ0n) is 16.3. The first-order valence-corrected chi connectivity index (χ1v) is 10.0. The predicted molar refractivity (Wildman–Crippen MR) is 108 cm³/mol. The van der Waals surface area contributed by atoms with Crippen LogP contribution in [0.4, 0.5) is 5.69 Å². The number of carbonyl (C=O) groups is 2. The molecule has 1 atom stereocenters. The summed E-state index contributed by atoms with van der Waals surface area (Å²) in [7, 11) is 0. The van der Waals surface area contributed by atoms with Crippen molar-refractivity contribution in [1.29, 1.82) is 0 Å². The summed E-state index contributed by atoms with van der Waals surface area (Å²) in [5.41, 5.74) is 1.62. The number of benzene rings is 1. The van der Waals surface area contributed by atoms with Gasteiger partial charge in [0, 0.05) is 25.0 Å². The van der Waals surface area contributed by atoms with Crippen LogP contribution in [-0.4, -0.2) is 45.5 Å². The maximum absolute atomic E-state index is 13.7. The molecule has 2 aromatic heterocycles. The molecule has 5 rings (SSSR count). The van der Waals surface area contributed by atoms with E-state index in [-0.39, 0.29) is 17.6 Å². The number of nitrogens with zero attached hydrogens (tertiary/aromatic N) is 4. The Balaban J connectivity index is 1.50.